The zero-order chi connectivity index (χ0) is 12.5. The van der Waals surface area contributed by atoms with Crippen molar-refractivity contribution in [3.8, 4) is 0 Å². The Morgan fingerprint density at radius 3 is 3.00 bits per heavy atom. The number of nitrogens with one attached hydrogen (secondary N) is 1. The van der Waals surface area contributed by atoms with E-state index in [0.717, 1.165) is 11.7 Å². The summed E-state index contributed by atoms with van der Waals surface area (Å²) in [5.74, 6) is 0. The Hall–Kier alpha value is -1.22. The lowest BCUT2D eigenvalue weighted by Gasteiger charge is -2.35. The van der Waals surface area contributed by atoms with Gasteiger partial charge in [0.05, 0.1) is 0 Å². The Morgan fingerprint density at radius 2 is 2.17 bits per heavy atom. The molecule has 0 amide bonds. The first-order valence-corrected chi connectivity index (χ1v) is 7.09. The van der Waals surface area contributed by atoms with E-state index in [1.807, 2.05) is 6.07 Å². The van der Waals surface area contributed by atoms with E-state index >= 15 is 0 Å². The maximum Gasteiger partial charge on any atom is 0.0346 e. The normalized spacial score (nSPS) is 28.1. The first-order chi connectivity index (χ1) is 8.72. The zero-order valence-corrected chi connectivity index (χ0v) is 11.2. The summed E-state index contributed by atoms with van der Waals surface area (Å²) in [6, 6.07) is 7.72. The first-order valence-electron chi connectivity index (χ1n) is 7.09. The Balaban J connectivity index is 1.64. The molecule has 1 aromatic rings. The first kappa shape index (κ1) is 11.8. The summed E-state index contributed by atoms with van der Waals surface area (Å²) < 4.78 is 0. The van der Waals surface area contributed by atoms with Crippen LogP contribution in [-0.2, 0) is 0 Å². The molecule has 0 aromatic heterocycles. The van der Waals surface area contributed by atoms with Gasteiger partial charge in [0.2, 0.25) is 0 Å². The number of rotatable bonds is 2. The second-order valence-electron chi connectivity index (χ2n) is 5.77. The second kappa shape index (κ2) is 4.81. The molecule has 2 atom stereocenters. The monoisotopic (exact) mass is 245 g/mol. The van der Waals surface area contributed by atoms with Gasteiger partial charge in [-0.1, -0.05) is 0 Å². The summed E-state index contributed by atoms with van der Waals surface area (Å²) in [5, 5.41) is 3.68. The molecule has 2 fully saturated rings. The Labute approximate surface area is 109 Å². The molecule has 0 aliphatic carbocycles. The van der Waals surface area contributed by atoms with E-state index in [2.05, 4.69) is 29.3 Å². The molecule has 18 heavy (non-hydrogen) atoms. The van der Waals surface area contributed by atoms with Crippen LogP contribution in [0.4, 0.5) is 11.4 Å². The summed E-state index contributed by atoms with van der Waals surface area (Å²) >= 11 is 0. The van der Waals surface area contributed by atoms with Gasteiger partial charge in [-0.3, -0.25) is 0 Å². The van der Waals surface area contributed by atoms with Crippen molar-refractivity contribution in [1.29, 1.82) is 0 Å². The second-order valence-corrected chi connectivity index (χ2v) is 5.77. The van der Waals surface area contributed by atoms with Crippen molar-refractivity contribution in [2.75, 3.05) is 24.1 Å². The van der Waals surface area contributed by atoms with Crippen molar-refractivity contribution in [3.63, 3.8) is 0 Å². The minimum atomic E-state index is 0.632. The number of piperidine rings is 1. The van der Waals surface area contributed by atoms with Gasteiger partial charge >= 0.3 is 0 Å². The van der Waals surface area contributed by atoms with Crippen LogP contribution in [0.3, 0.4) is 0 Å². The maximum atomic E-state index is 5.86. The van der Waals surface area contributed by atoms with E-state index in [1.165, 1.54) is 50.0 Å². The van der Waals surface area contributed by atoms with Crippen LogP contribution in [0.2, 0.25) is 0 Å². The van der Waals surface area contributed by atoms with Crippen molar-refractivity contribution in [2.45, 2.75) is 44.7 Å². The van der Waals surface area contributed by atoms with E-state index in [9.17, 15) is 0 Å². The van der Waals surface area contributed by atoms with E-state index < -0.39 is 0 Å². The molecule has 0 spiro atoms. The Kier molecular flexibility index (Phi) is 3.16. The minimum absolute atomic E-state index is 0.632. The van der Waals surface area contributed by atoms with Crippen molar-refractivity contribution in [1.82, 2.24) is 4.90 Å². The molecule has 0 saturated carbocycles. The average molecular weight is 245 g/mol. The Morgan fingerprint density at radius 1 is 1.28 bits per heavy atom. The topological polar surface area (TPSA) is 41.3 Å². The molecule has 2 unspecified atom stereocenters. The molecule has 1 aromatic carbocycles. The van der Waals surface area contributed by atoms with Crippen molar-refractivity contribution in [3.05, 3.63) is 23.8 Å². The molecule has 2 heterocycles. The summed E-state index contributed by atoms with van der Waals surface area (Å²) in [6.45, 7) is 4.65. The van der Waals surface area contributed by atoms with E-state index in [-0.39, 0.29) is 0 Å². The van der Waals surface area contributed by atoms with E-state index in [1.54, 1.807) is 0 Å². The van der Waals surface area contributed by atoms with Crippen LogP contribution in [0.15, 0.2) is 18.2 Å². The molecule has 3 N–H and O–H groups in total. The quantitative estimate of drug-likeness (QED) is 0.787. The Bertz CT molecular complexity index is 430. The molecule has 2 aliphatic rings. The summed E-state index contributed by atoms with van der Waals surface area (Å²) in [7, 11) is 0. The maximum absolute atomic E-state index is 5.86. The van der Waals surface area contributed by atoms with Gasteiger partial charge in [-0.25, -0.2) is 0 Å². The number of nitrogens with zero attached hydrogens (tertiary/aromatic N) is 1. The highest BCUT2D eigenvalue weighted by Gasteiger charge is 2.31. The highest BCUT2D eigenvalue weighted by Crippen LogP contribution is 2.29. The van der Waals surface area contributed by atoms with Crippen LogP contribution in [0, 0.1) is 6.92 Å². The highest BCUT2D eigenvalue weighted by molar-refractivity contribution is 5.57. The van der Waals surface area contributed by atoms with Crippen molar-refractivity contribution in [2.24, 2.45) is 0 Å². The lowest BCUT2D eigenvalue weighted by molar-refractivity contribution is 0.188. The predicted octanol–water partition coefficient (Wildman–Crippen LogP) is 2.62. The summed E-state index contributed by atoms with van der Waals surface area (Å²) in [5.41, 5.74) is 9.12. The van der Waals surface area contributed by atoms with Gasteiger partial charge in [-0.05, 0) is 62.9 Å². The molecule has 3 nitrogen and oxygen atoms in total. The summed E-state index contributed by atoms with van der Waals surface area (Å²) in [4.78, 5) is 2.66. The van der Waals surface area contributed by atoms with Gasteiger partial charge in [-0.15, -0.1) is 0 Å². The van der Waals surface area contributed by atoms with Gasteiger partial charge in [0, 0.05) is 30.0 Å². The molecule has 98 valence electrons. The van der Waals surface area contributed by atoms with Crippen LogP contribution in [0.1, 0.15) is 31.2 Å². The lowest BCUT2D eigenvalue weighted by Crippen LogP contribution is -2.42. The zero-order valence-electron chi connectivity index (χ0n) is 11.2. The fourth-order valence-corrected chi connectivity index (χ4v) is 3.36. The number of benzene rings is 1. The SMILES string of the molecule is Cc1cc(NC2CCN3CCCC3C2)ccc1N. The number of fused-ring (bicyclic) bond motifs is 1. The molecule has 3 heteroatoms. The molecule has 2 saturated heterocycles. The highest BCUT2D eigenvalue weighted by atomic mass is 15.2. The van der Waals surface area contributed by atoms with Gasteiger partial charge in [0.1, 0.15) is 0 Å². The third-order valence-corrected chi connectivity index (χ3v) is 4.46. The fourth-order valence-electron chi connectivity index (χ4n) is 3.36. The number of hydrogen-bond acceptors (Lipinski definition) is 3. The van der Waals surface area contributed by atoms with E-state index in [4.69, 9.17) is 5.73 Å². The molecule has 2 aliphatic heterocycles. The fraction of sp³-hybridized carbons (Fsp3) is 0.600. The average Bonchev–Trinajstić information content (AvgIpc) is 2.81. The van der Waals surface area contributed by atoms with Crippen molar-refractivity contribution >= 4 is 11.4 Å². The van der Waals surface area contributed by atoms with Gasteiger partial charge in [0.15, 0.2) is 0 Å². The van der Waals surface area contributed by atoms with Crippen LogP contribution < -0.4 is 11.1 Å². The smallest absolute Gasteiger partial charge is 0.0346 e. The number of aryl methyl sites for hydroxylation is 1. The van der Waals surface area contributed by atoms with Gasteiger partial charge in [-0.2, -0.15) is 0 Å². The molecular formula is C15H23N3. The van der Waals surface area contributed by atoms with Crippen LogP contribution >= 0.6 is 0 Å². The van der Waals surface area contributed by atoms with Crippen LogP contribution in [-0.4, -0.2) is 30.1 Å². The van der Waals surface area contributed by atoms with E-state index in [0.29, 0.717) is 6.04 Å². The molecule has 0 bridgehead atoms. The largest absolute Gasteiger partial charge is 0.399 e. The number of nitrogen functional groups attached to an aromatic ring is 1. The predicted molar refractivity (Wildman–Crippen MR) is 76.8 cm³/mol. The summed E-state index contributed by atoms with van der Waals surface area (Å²) in [6.07, 6.45) is 5.33. The number of hydrogen-bond donors (Lipinski definition) is 2. The molecule has 0 radical (unpaired) electrons. The third kappa shape index (κ3) is 2.32. The van der Waals surface area contributed by atoms with Gasteiger partial charge < -0.3 is 16.0 Å². The minimum Gasteiger partial charge on any atom is -0.399 e. The third-order valence-electron chi connectivity index (χ3n) is 4.46. The number of anilines is 2. The molecule has 3 rings (SSSR count). The van der Waals surface area contributed by atoms with Gasteiger partial charge in [0.25, 0.3) is 0 Å². The van der Waals surface area contributed by atoms with Crippen LogP contribution in [0.25, 0.3) is 0 Å². The molecular weight excluding hydrogens is 222 g/mol. The number of nitrogens with two attached hydrogens (primary N) is 1. The van der Waals surface area contributed by atoms with Crippen LogP contribution in [0.5, 0.6) is 0 Å². The lowest BCUT2D eigenvalue weighted by atomic mass is 9.97. The van der Waals surface area contributed by atoms with Crippen molar-refractivity contribution < 1.29 is 0 Å². The standard InChI is InChI=1S/C15H23N3/c1-11-9-12(4-5-15(11)16)17-13-6-8-18-7-2-3-14(18)10-13/h4-5,9,13-14,17H,2-3,6-8,10,16H2,1H3.